The van der Waals surface area contributed by atoms with Crippen molar-refractivity contribution in [2.45, 2.75) is 18.6 Å². The maximum Gasteiger partial charge on any atom is 0.237 e. The maximum absolute atomic E-state index is 11.7. The summed E-state index contributed by atoms with van der Waals surface area (Å²) in [7, 11) is 1.53. The maximum atomic E-state index is 11.7. The lowest BCUT2D eigenvalue weighted by Crippen LogP contribution is -2.27. The van der Waals surface area contributed by atoms with Gasteiger partial charge in [0, 0.05) is 23.6 Å². The van der Waals surface area contributed by atoms with Gasteiger partial charge >= 0.3 is 0 Å². The minimum atomic E-state index is -3.72. The van der Waals surface area contributed by atoms with Crippen LogP contribution >= 0.6 is 10.7 Å². The van der Waals surface area contributed by atoms with Gasteiger partial charge in [-0.25, -0.2) is 18.4 Å². The lowest BCUT2D eigenvalue weighted by Gasteiger charge is -2.14. The Balaban J connectivity index is 2.24. The van der Waals surface area contributed by atoms with Crippen molar-refractivity contribution in [1.82, 2.24) is 9.97 Å². The second kappa shape index (κ2) is 4.23. The molecule has 1 aliphatic heterocycles. The molecule has 0 aliphatic carbocycles. The van der Waals surface area contributed by atoms with E-state index >= 15 is 0 Å². The third kappa shape index (κ3) is 2.55. The Bertz CT molecular complexity index is 543. The number of anilines is 1. The minimum Gasteiger partial charge on any atom is -0.308 e. The van der Waals surface area contributed by atoms with Crippen LogP contribution in [-0.4, -0.2) is 36.1 Å². The third-order valence-electron chi connectivity index (χ3n) is 2.57. The number of rotatable bonds is 2. The summed E-state index contributed by atoms with van der Waals surface area (Å²) < 4.78 is 22.3. The molecule has 0 saturated carbocycles. The molecule has 8 heteroatoms. The van der Waals surface area contributed by atoms with Gasteiger partial charge in [0.15, 0.2) is 0 Å². The zero-order valence-corrected chi connectivity index (χ0v) is 10.6. The number of amides is 1. The van der Waals surface area contributed by atoms with Gasteiger partial charge in [-0.3, -0.25) is 4.79 Å². The van der Waals surface area contributed by atoms with Crippen molar-refractivity contribution in [3.8, 4) is 0 Å². The molecule has 1 atom stereocenters. The molecule has 1 unspecified atom stereocenters. The number of halogens is 1. The van der Waals surface area contributed by atoms with Gasteiger partial charge in [-0.1, -0.05) is 0 Å². The predicted molar refractivity (Wildman–Crippen MR) is 62.3 cm³/mol. The predicted octanol–water partition coefficient (Wildman–Crippen LogP) is 0.459. The Morgan fingerprint density at radius 3 is 2.47 bits per heavy atom. The van der Waals surface area contributed by atoms with E-state index in [1.165, 1.54) is 17.3 Å². The largest absolute Gasteiger partial charge is 0.308 e. The quantitative estimate of drug-likeness (QED) is 0.733. The molecule has 0 aromatic carbocycles. The van der Waals surface area contributed by atoms with Gasteiger partial charge < -0.3 is 4.90 Å². The van der Waals surface area contributed by atoms with Gasteiger partial charge in [0.25, 0.3) is 0 Å². The topological polar surface area (TPSA) is 80.2 Å². The van der Waals surface area contributed by atoms with Crippen molar-refractivity contribution in [1.29, 1.82) is 0 Å². The first-order valence-electron chi connectivity index (χ1n) is 4.90. The summed E-state index contributed by atoms with van der Waals surface area (Å²) in [5.74, 6) is 0.300. The highest BCUT2D eigenvalue weighted by Gasteiger charge is 2.38. The van der Waals surface area contributed by atoms with Crippen LogP contribution in [0, 0.1) is 6.92 Å². The monoisotopic (exact) mass is 275 g/mol. The molecule has 0 radical (unpaired) electrons. The molecule has 0 spiro atoms. The van der Waals surface area contributed by atoms with Crippen LogP contribution in [0.25, 0.3) is 0 Å². The van der Waals surface area contributed by atoms with Gasteiger partial charge in [-0.05, 0) is 6.92 Å². The summed E-state index contributed by atoms with van der Waals surface area (Å²) in [6.45, 7) is 1.78. The number of carbonyl (C=O) groups excluding carboxylic acids is 1. The summed E-state index contributed by atoms with van der Waals surface area (Å²) in [6, 6.07) is 0. The summed E-state index contributed by atoms with van der Waals surface area (Å²) in [5.41, 5.74) is 0.489. The normalized spacial score (nSPS) is 20.9. The van der Waals surface area contributed by atoms with Crippen LogP contribution < -0.4 is 4.90 Å². The highest BCUT2D eigenvalue weighted by molar-refractivity contribution is 8.14. The third-order valence-corrected chi connectivity index (χ3v) is 4.43. The molecule has 92 valence electrons. The van der Waals surface area contributed by atoms with Crippen molar-refractivity contribution in [2.24, 2.45) is 0 Å². The molecule has 1 saturated heterocycles. The van der Waals surface area contributed by atoms with E-state index in [0.29, 0.717) is 11.5 Å². The Hall–Kier alpha value is -1.21. The molecule has 1 amide bonds. The van der Waals surface area contributed by atoms with Crippen LogP contribution in [-0.2, 0) is 13.8 Å². The molecule has 1 aromatic heterocycles. The molecule has 6 nitrogen and oxygen atoms in total. The van der Waals surface area contributed by atoms with E-state index < -0.39 is 14.3 Å². The second-order valence-electron chi connectivity index (χ2n) is 3.79. The average molecular weight is 276 g/mol. The zero-order valence-electron chi connectivity index (χ0n) is 9.00. The Kier molecular flexibility index (Phi) is 3.05. The molecular weight excluding hydrogens is 266 g/mol. The molecule has 17 heavy (non-hydrogen) atoms. The second-order valence-corrected chi connectivity index (χ2v) is 6.70. The molecular formula is C9H10ClN3O3S. The van der Waals surface area contributed by atoms with E-state index in [-0.39, 0.29) is 18.9 Å². The van der Waals surface area contributed by atoms with Crippen LogP contribution in [0.4, 0.5) is 5.69 Å². The van der Waals surface area contributed by atoms with Crippen LogP contribution in [0.1, 0.15) is 12.2 Å². The first kappa shape index (κ1) is 12.3. The van der Waals surface area contributed by atoms with Crippen LogP contribution in [0.2, 0.25) is 0 Å². The van der Waals surface area contributed by atoms with Crippen molar-refractivity contribution in [3.63, 3.8) is 0 Å². The Morgan fingerprint density at radius 1 is 1.41 bits per heavy atom. The molecule has 2 rings (SSSR count). The van der Waals surface area contributed by atoms with E-state index in [0.717, 1.165) is 0 Å². The SMILES string of the molecule is Cc1ncc(N2CC(S(=O)(=O)Cl)CC2=O)cn1. The molecule has 1 aliphatic rings. The fourth-order valence-corrected chi connectivity index (χ4v) is 2.66. The first-order valence-corrected chi connectivity index (χ1v) is 7.27. The number of aromatic nitrogens is 2. The standard InChI is InChI=1S/C9H10ClN3O3S/c1-6-11-3-7(4-12-6)13-5-8(2-9(13)14)17(10,15)16/h3-4,8H,2,5H2,1H3. The molecule has 0 bridgehead atoms. The number of nitrogens with zero attached hydrogens (tertiary/aromatic N) is 3. The molecule has 1 aromatic rings. The highest BCUT2D eigenvalue weighted by Crippen LogP contribution is 2.25. The lowest BCUT2D eigenvalue weighted by molar-refractivity contribution is -0.117. The van der Waals surface area contributed by atoms with Crippen molar-refractivity contribution in [2.75, 3.05) is 11.4 Å². The van der Waals surface area contributed by atoms with Gasteiger partial charge in [0.05, 0.1) is 18.1 Å². The molecule has 1 fully saturated rings. The fourth-order valence-electron chi connectivity index (χ4n) is 1.64. The molecule has 2 heterocycles. The Morgan fingerprint density at radius 2 is 2.00 bits per heavy atom. The van der Waals surface area contributed by atoms with E-state index in [1.54, 1.807) is 6.92 Å². The van der Waals surface area contributed by atoms with Gasteiger partial charge in [-0.15, -0.1) is 0 Å². The summed E-state index contributed by atoms with van der Waals surface area (Å²) in [5, 5.41) is -0.863. The van der Waals surface area contributed by atoms with E-state index in [2.05, 4.69) is 9.97 Å². The number of aryl methyl sites for hydroxylation is 1. The zero-order chi connectivity index (χ0) is 12.6. The highest BCUT2D eigenvalue weighted by atomic mass is 35.7. The van der Waals surface area contributed by atoms with Gasteiger partial charge in [0.2, 0.25) is 15.0 Å². The average Bonchev–Trinajstić information content (AvgIpc) is 2.61. The number of hydrogen-bond acceptors (Lipinski definition) is 5. The van der Waals surface area contributed by atoms with Gasteiger partial charge in [-0.2, -0.15) is 0 Å². The van der Waals surface area contributed by atoms with E-state index in [4.69, 9.17) is 10.7 Å². The van der Waals surface area contributed by atoms with Crippen LogP contribution in [0.5, 0.6) is 0 Å². The lowest BCUT2D eigenvalue weighted by atomic mass is 10.4. The summed E-state index contributed by atoms with van der Waals surface area (Å²) in [4.78, 5) is 20.9. The first-order chi connectivity index (χ1) is 7.88. The smallest absolute Gasteiger partial charge is 0.237 e. The van der Waals surface area contributed by atoms with E-state index in [9.17, 15) is 13.2 Å². The molecule has 0 N–H and O–H groups in total. The minimum absolute atomic E-state index is 0.0527. The fraction of sp³-hybridized carbons (Fsp3) is 0.444. The van der Waals surface area contributed by atoms with E-state index in [1.807, 2.05) is 0 Å². The van der Waals surface area contributed by atoms with Crippen molar-refractivity contribution in [3.05, 3.63) is 18.2 Å². The number of carbonyl (C=O) groups is 1. The van der Waals surface area contributed by atoms with Crippen LogP contribution in [0.15, 0.2) is 12.4 Å². The van der Waals surface area contributed by atoms with Crippen molar-refractivity contribution < 1.29 is 13.2 Å². The Labute approximate surface area is 103 Å². The number of hydrogen-bond donors (Lipinski definition) is 0. The summed E-state index contributed by atoms with van der Waals surface area (Å²) >= 11 is 0. The van der Waals surface area contributed by atoms with Gasteiger partial charge in [0.1, 0.15) is 11.1 Å². The summed E-state index contributed by atoms with van der Waals surface area (Å²) in [6.07, 6.45) is 2.88. The van der Waals surface area contributed by atoms with Crippen molar-refractivity contribution >= 4 is 31.3 Å². The van der Waals surface area contributed by atoms with Crippen LogP contribution in [0.3, 0.4) is 0 Å².